The lowest BCUT2D eigenvalue weighted by molar-refractivity contribution is -0.113. The third-order valence-electron chi connectivity index (χ3n) is 3.61. The Morgan fingerprint density at radius 1 is 1.68 bits per heavy atom. The summed E-state index contributed by atoms with van der Waals surface area (Å²) in [5.74, 6) is 0.742. The van der Waals surface area contributed by atoms with Crippen LogP contribution in [0.5, 0.6) is 0 Å². The van der Waals surface area contributed by atoms with Crippen molar-refractivity contribution >= 4 is 34.0 Å². The van der Waals surface area contributed by atoms with Crippen molar-refractivity contribution in [3.05, 3.63) is 22.3 Å². The molecule has 0 bridgehead atoms. The molecular formula is C14H15N5OS2. The number of thioether (sulfide) groups is 1. The number of carbonyl (C=O) groups excluding carboxylic acids is 1. The summed E-state index contributed by atoms with van der Waals surface area (Å²) in [4.78, 5) is 17.3. The van der Waals surface area contributed by atoms with Gasteiger partial charge >= 0.3 is 0 Å². The van der Waals surface area contributed by atoms with Gasteiger partial charge in [-0.15, -0.1) is 11.3 Å². The van der Waals surface area contributed by atoms with Gasteiger partial charge in [-0.05, 0) is 30.7 Å². The van der Waals surface area contributed by atoms with Crippen molar-refractivity contribution in [2.75, 3.05) is 11.1 Å². The highest BCUT2D eigenvalue weighted by molar-refractivity contribution is 7.99. The SMILES string of the molecule is C[C@H]1CCc2c(sc(NC(=O)CSc3ncn[nH]3)c2C#N)C1. The van der Waals surface area contributed by atoms with Gasteiger partial charge in [0.1, 0.15) is 17.4 Å². The molecule has 1 aliphatic carbocycles. The van der Waals surface area contributed by atoms with Crippen molar-refractivity contribution in [1.29, 1.82) is 5.26 Å². The van der Waals surface area contributed by atoms with Crippen LogP contribution in [-0.2, 0) is 17.6 Å². The molecule has 0 radical (unpaired) electrons. The van der Waals surface area contributed by atoms with Crippen LogP contribution >= 0.6 is 23.1 Å². The van der Waals surface area contributed by atoms with Crippen molar-refractivity contribution in [2.24, 2.45) is 5.92 Å². The van der Waals surface area contributed by atoms with Gasteiger partial charge in [-0.25, -0.2) is 4.98 Å². The summed E-state index contributed by atoms with van der Waals surface area (Å²) in [7, 11) is 0. The molecule has 2 heterocycles. The zero-order chi connectivity index (χ0) is 15.5. The van der Waals surface area contributed by atoms with Gasteiger partial charge in [-0.3, -0.25) is 9.89 Å². The number of aromatic nitrogens is 3. The first kappa shape index (κ1) is 15.1. The van der Waals surface area contributed by atoms with Crippen LogP contribution in [0, 0.1) is 17.2 Å². The van der Waals surface area contributed by atoms with Gasteiger partial charge in [0.25, 0.3) is 0 Å². The molecule has 1 amide bonds. The molecule has 6 nitrogen and oxygen atoms in total. The highest BCUT2D eigenvalue weighted by atomic mass is 32.2. The Balaban J connectivity index is 1.69. The first-order chi connectivity index (χ1) is 10.7. The molecular weight excluding hydrogens is 318 g/mol. The number of nitriles is 1. The molecule has 1 aliphatic rings. The maximum Gasteiger partial charge on any atom is 0.235 e. The number of hydrogen-bond donors (Lipinski definition) is 2. The summed E-state index contributed by atoms with van der Waals surface area (Å²) >= 11 is 2.83. The van der Waals surface area contributed by atoms with Crippen LogP contribution in [0.1, 0.15) is 29.3 Å². The number of anilines is 1. The van der Waals surface area contributed by atoms with E-state index in [0.717, 1.165) is 24.8 Å². The third-order valence-corrected chi connectivity index (χ3v) is 5.66. The summed E-state index contributed by atoms with van der Waals surface area (Å²) in [6, 6.07) is 2.25. The smallest absolute Gasteiger partial charge is 0.235 e. The number of nitrogens with zero attached hydrogens (tertiary/aromatic N) is 3. The van der Waals surface area contributed by atoms with Crippen molar-refractivity contribution in [2.45, 2.75) is 31.3 Å². The molecule has 0 aromatic carbocycles. The van der Waals surface area contributed by atoms with Gasteiger partial charge in [-0.2, -0.15) is 10.4 Å². The Labute approximate surface area is 136 Å². The molecule has 0 saturated carbocycles. The lowest BCUT2D eigenvalue weighted by Gasteiger charge is -2.17. The second kappa shape index (κ2) is 6.50. The molecule has 8 heteroatoms. The van der Waals surface area contributed by atoms with Crippen LogP contribution in [0.3, 0.4) is 0 Å². The lowest BCUT2D eigenvalue weighted by Crippen LogP contribution is -2.14. The first-order valence-corrected chi connectivity index (χ1v) is 8.80. The number of H-pyrrole nitrogens is 1. The zero-order valence-electron chi connectivity index (χ0n) is 12.0. The van der Waals surface area contributed by atoms with E-state index in [1.165, 1.54) is 23.0 Å². The van der Waals surface area contributed by atoms with Gasteiger partial charge < -0.3 is 5.32 Å². The molecule has 2 aromatic rings. The maximum atomic E-state index is 12.1. The standard InChI is InChI=1S/C14H15N5OS2/c1-8-2-3-9-10(5-15)13(22-11(9)4-8)18-12(20)6-21-14-16-7-17-19-14/h7-8H,2-4,6H2,1H3,(H,18,20)(H,16,17,19)/t8-/m0/s1. The number of aromatic amines is 1. The molecule has 3 rings (SSSR count). The van der Waals surface area contributed by atoms with Crippen molar-refractivity contribution in [3.63, 3.8) is 0 Å². The molecule has 0 spiro atoms. The highest BCUT2D eigenvalue weighted by Gasteiger charge is 2.24. The molecule has 1 atom stereocenters. The van der Waals surface area contributed by atoms with E-state index in [-0.39, 0.29) is 11.7 Å². The minimum atomic E-state index is -0.135. The summed E-state index contributed by atoms with van der Waals surface area (Å²) in [6.45, 7) is 2.22. The number of hydrogen-bond acceptors (Lipinski definition) is 6. The van der Waals surface area contributed by atoms with Gasteiger partial charge in [0, 0.05) is 4.88 Å². The first-order valence-electron chi connectivity index (χ1n) is 7.00. The third kappa shape index (κ3) is 3.15. The summed E-state index contributed by atoms with van der Waals surface area (Å²) in [6.07, 6.45) is 4.44. The topological polar surface area (TPSA) is 94.5 Å². The lowest BCUT2D eigenvalue weighted by atomic mass is 9.89. The van der Waals surface area contributed by atoms with Gasteiger partial charge in [0.15, 0.2) is 5.16 Å². The number of nitrogens with one attached hydrogen (secondary N) is 2. The van der Waals surface area contributed by atoms with E-state index in [1.807, 2.05) is 0 Å². The van der Waals surface area contributed by atoms with E-state index in [9.17, 15) is 10.1 Å². The van der Waals surface area contributed by atoms with E-state index in [4.69, 9.17) is 0 Å². The Morgan fingerprint density at radius 3 is 3.27 bits per heavy atom. The van der Waals surface area contributed by atoms with E-state index < -0.39 is 0 Å². The fourth-order valence-electron chi connectivity index (χ4n) is 2.52. The minimum absolute atomic E-state index is 0.135. The van der Waals surface area contributed by atoms with E-state index in [0.29, 0.717) is 21.6 Å². The molecule has 0 fully saturated rings. The summed E-state index contributed by atoms with van der Waals surface area (Å²) in [5, 5.41) is 20.0. The number of thiophene rings is 1. The Bertz CT molecular complexity index is 716. The molecule has 22 heavy (non-hydrogen) atoms. The van der Waals surface area contributed by atoms with Crippen molar-refractivity contribution in [1.82, 2.24) is 15.2 Å². The highest BCUT2D eigenvalue weighted by Crippen LogP contribution is 2.39. The van der Waals surface area contributed by atoms with E-state index in [1.54, 1.807) is 11.3 Å². The number of rotatable bonds is 4. The Morgan fingerprint density at radius 2 is 2.55 bits per heavy atom. The van der Waals surface area contributed by atoms with Crippen LogP contribution in [0.15, 0.2) is 11.5 Å². The van der Waals surface area contributed by atoms with Crippen molar-refractivity contribution in [3.8, 4) is 6.07 Å². The maximum absolute atomic E-state index is 12.1. The largest absolute Gasteiger partial charge is 0.316 e. The predicted molar refractivity (Wildman–Crippen MR) is 86.0 cm³/mol. The molecule has 2 aromatic heterocycles. The van der Waals surface area contributed by atoms with Crippen LogP contribution in [0.4, 0.5) is 5.00 Å². The number of carbonyl (C=O) groups is 1. The average molecular weight is 333 g/mol. The fourth-order valence-corrected chi connectivity index (χ4v) is 4.47. The van der Waals surface area contributed by atoms with Gasteiger partial charge in [0.2, 0.25) is 5.91 Å². The molecule has 0 aliphatic heterocycles. The quantitative estimate of drug-likeness (QED) is 0.839. The molecule has 0 saturated heterocycles. The normalized spacial score (nSPS) is 16.8. The van der Waals surface area contributed by atoms with Crippen LogP contribution in [0.25, 0.3) is 0 Å². The monoisotopic (exact) mass is 333 g/mol. The van der Waals surface area contributed by atoms with Gasteiger partial charge in [-0.1, -0.05) is 18.7 Å². The van der Waals surface area contributed by atoms with Crippen molar-refractivity contribution < 1.29 is 4.79 Å². The summed E-state index contributed by atoms with van der Waals surface area (Å²) in [5.41, 5.74) is 1.77. The predicted octanol–water partition coefficient (Wildman–Crippen LogP) is 2.59. The Hall–Kier alpha value is -1.85. The number of fused-ring (bicyclic) bond motifs is 1. The van der Waals surface area contributed by atoms with Gasteiger partial charge in [0.05, 0.1) is 11.3 Å². The zero-order valence-corrected chi connectivity index (χ0v) is 13.7. The second-order valence-corrected chi connectivity index (χ2v) is 7.36. The fraction of sp³-hybridized carbons (Fsp3) is 0.429. The van der Waals surface area contributed by atoms with Crippen LogP contribution in [-0.4, -0.2) is 26.8 Å². The Kier molecular flexibility index (Phi) is 4.45. The van der Waals surface area contributed by atoms with E-state index in [2.05, 4.69) is 33.5 Å². The van der Waals surface area contributed by atoms with Crippen LogP contribution < -0.4 is 5.32 Å². The number of amides is 1. The molecule has 0 unspecified atom stereocenters. The minimum Gasteiger partial charge on any atom is -0.316 e. The second-order valence-electron chi connectivity index (χ2n) is 5.30. The molecule has 2 N–H and O–H groups in total. The van der Waals surface area contributed by atoms with E-state index >= 15 is 0 Å². The van der Waals surface area contributed by atoms with Crippen LogP contribution in [0.2, 0.25) is 0 Å². The average Bonchev–Trinajstić information content (AvgIpc) is 3.11. The molecule has 114 valence electrons. The summed E-state index contributed by atoms with van der Waals surface area (Å²) < 4.78 is 0.